The molecule has 0 fully saturated rings. The Morgan fingerprint density at radius 1 is 1.12 bits per heavy atom. The van der Waals surface area contributed by atoms with E-state index < -0.39 is 6.04 Å². The van der Waals surface area contributed by atoms with Crippen LogP contribution in [0.3, 0.4) is 0 Å². The summed E-state index contributed by atoms with van der Waals surface area (Å²) < 4.78 is 6.89. The van der Waals surface area contributed by atoms with Crippen molar-refractivity contribution in [1.82, 2.24) is 14.5 Å². The molecule has 2 aromatic carbocycles. The summed E-state index contributed by atoms with van der Waals surface area (Å²) in [7, 11) is 1.60. The van der Waals surface area contributed by atoms with Crippen LogP contribution in [0.5, 0.6) is 5.75 Å². The lowest BCUT2D eigenvalue weighted by atomic mass is 10.1. The zero-order chi connectivity index (χ0) is 24.8. The van der Waals surface area contributed by atoms with Gasteiger partial charge in [-0.05, 0) is 61.7 Å². The number of halogens is 1. The molecule has 0 aliphatic carbocycles. The van der Waals surface area contributed by atoms with Gasteiger partial charge in [-0.25, -0.2) is 4.98 Å². The van der Waals surface area contributed by atoms with Gasteiger partial charge < -0.3 is 9.64 Å². The summed E-state index contributed by atoms with van der Waals surface area (Å²) in [6.07, 6.45) is 3.44. The molecule has 0 N–H and O–H groups in total. The first kappa shape index (κ1) is 25.8. The van der Waals surface area contributed by atoms with E-state index in [1.54, 1.807) is 29.9 Å². The number of carbonyl (C=O) groups excluding carboxylic acids is 1. The number of carbonyl (C=O) groups is 1. The molecule has 0 saturated carbocycles. The molecule has 1 aromatic heterocycles. The smallest absolute Gasteiger partial charge is 0.266 e. The van der Waals surface area contributed by atoms with Crippen molar-refractivity contribution in [3.8, 4) is 11.4 Å². The Hall–Kier alpha value is -2.86. The Kier molecular flexibility index (Phi) is 8.72. The maximum Gasteiger partial charge on any atom is 0.266 e. The monoisotopic (exact) mass is 483 g/mol. The second-order valence-corrected chi connectivity index (χ2v) is 9.47. The van der Waals surface area contributed by atoms with Gasteiger partial charge in [-0.2, -0.15) is 0 Å². The van der Waals surface area contributed by atoms with Crippen LogP contribution in [0, 0.1) is 5.92 Å². The van der Waals surface area contributed by atoms with Crippen LogP contribution in [0.25, 0.3) is 16.6 Å². The number of hydrogen-bond donors (Lipinski definition) is 0. The SMILES string of the molecule is CCCCCN(C(=O)CC(C)C)C(C)c1nc2cc(Cl)ccc2c(=O)n1-c1ccc(OC)cc1. The number of fused-ring (bicyclic) bond motifs is 1. The molecular weight excluding hydrogens is 450 g/mol. The molecule has 3 rings (SSSR count). The molecule has 1 unspecified atom stereocenters. The van der Waals surface area contributed by atoms with Crippen LogP contribution in [0.4, 0.5) is 0 Å². The van der Waals surface area contributed by atoms with Crippen LogP contribution in [-0.2, 0) is 4.79 Å². The van der Waals surface area contributed by atoms with Gasteiger partial charge in [0.25, 0.3) is 5.56 Å². The van der Waals surface area contributed by atoms with E-state index in [-0.39, 0.29) is 17.4 Å². The quantitative estimate of drug-likeness (QED) is 0.323. The molecule has 0 radical (unpaired) electrons. The Morgan fingerprint density at radius 2 is 1.82 bits per heavy atom. The summed E-state index contributed by atoms with van der Waals surface area (Å²) in [6, 6.07) is 12.0. The topological polar surface area (TPSA) is 64.4 Å². The van der Waals surface area contributed by atoms with Gasteiger partial charge in [0.1, 0.15) is 11.6 Å². The third-order valence-electron chi connectivity index (χ3n) is 5.93. The van der Waals surface area contributed by atoms with E-state index in [1.807, 2.05) is 49.9 Å². The highest BCUT2D eigenvalue weighted by Crippen LogP contribution is 2.26. The minimum absolute atomic E-state index is 0.0697. The molecule has 1 atom stereocenters. The van der Waals surface area contributed by atoms with Gasteiger partial charge in [-0.15, -0.1) is 0 Å². The number of hydrogen-bond acceptors (Lipinski definition) is 4. The van der Waals surface area contributed by atoms with Crippen LogP contribution in [-0.4, -0.2) is 34.0 Å². The van der Waals surface area contributed by atoms with E-state index >= 15 is 0 Å². The average Bonchev–Trinajstić information content (AvgIpc) is 2.80. The normalized spacial score (nSPS) is 12.2. The summed E-state index contributed by atoms with van der Waals surface area (Å²) in [5.74, 6) is 1.51. The van der Waals surface area contributed by atoms with Crippen molar-refractivity contribution in [2.24, 2.45) is 5.92 Å². The number of ether oxygens (including phenoxy) is 1. The lowest BCUT2D eigenvalue weighted by molar-refractivity contribution is -0.134. The maximum atomic E-state index is 13.7. The third-order valence-corrected chi connectivity index (χ3v) is 6.17. The Labute approximate surface area is 206 Å². The van der Waals surface area contributed by atoms with Crippen LogP contribution < -0.4 is 10.3 Å². The standard InChI is InChI=1S/C27H34ClN3O3/c1-6-7-8-15-30(25(32)16-18(2)3)19(4)26-29-24-17-20(28)9-14-23(24)27(33)31(26)21-10-12-22(34-5)13-11-21/h9-14,17-19H,6-8,15-16H2,1-5H3. The highest BCUT2D eigenvalue weighted by molar-refractivity contribution is 6.31. The van der Waals surface area contributed by atoms with Crippen molar-refractivity contribution >= 4 is 28.4 Å². The first-order valence-corrected chi connectivity index (χ1v) is 12.3. The third kappa shape index (κ3) is 5.79. The molecule has 6 nitrogen and oxygen atoms in total. The summed E-state index contributed by atoms with van der Waals surface area (Å²) in [6.45, 7) is 8.78. The van der Waals surface area contributed by atoms with Crippen LogP contribution >= 0.6 is 11.6 Å². The fraction of sp³-hybridized carbons (Fsp3) is 0.444. The van der Waals surface area contributed by atoms with E-state index in [0.717, 1.165) is 19.3 Å². The Balaban J connectivity index is 2.20. The maximum absolute atomic E-state index is 13.7. The zero-order valence-electron chi connectivity index (χ0n) is 20.7. The molecule has 0 saturated heterocycles. The van der Waals surface area contributed by atoms with Gasteiger partial charge in [0.05, 0.1) is 29.7 Å². The minimum Gasteiger partial charge on any atom is -0.497 e. The molecule has 0 aliphatic rings. The number of amides is 1. The van der Waals surface area contributed by atoms with Crippen LogP contribution in [0.1, 0.15) is 65.2 Å². The lowest BCUT2D eigenvalue weighted by Gasteiger charge is -2.31. The van der Waals surface area contributed by atoms with Crippen LogP contribution in [0.15, 0.2) is 47.3 Å². The molecule has 1 amide bonds. The Bertz CT molecular complexity index is 1190. The molecule has 3 aromatic rings. The van der Waals surface area contributed by atoms with Gasteiger partial charge in [0.15, 0.2) is 0 Å². The lowest BCUT2D eigenvalue weighted by Crippen LogP contribution is -2.38. The number of aromatic nitrogens is 2. The van der Waals surface area contributed by atoms with Crippen molar-refractivity contribution in [3.05, 3.63) is 63.7 Å². The molecular formula is C27H34ClN3O3. The number of methoxy groups -OCH3 is 1. The number of rotatable bonds is 10. The summed E-state index contributed by atoms with van der Waals surface area (Å²) in [4.78, 5) is 33.7. The van der Waals surface area contributed by atoms with Crippen molar-refractivity contribution in [2.45, 2.75) is 59.4 Å². The fourth-order valence-corrected chi connectivity index (χ4v) is 4.28. The van der Waals surface area contributed by atoms with Gasteiger partial charge >= 0.3 is 0 Å². The second-order valence-electron chi connectivity index (χ2n) is 9.04. The van der Waals surface area contributed by atoms with Crippen molar-refractivity contribution in [2.75, 3.05) is 13.7 Å². The largest absolute Gasteiger partial charge is 0.497 e. The number of benzene rings is 2. The second kappa shape index (κ2) is 11.5. The molecule has 0 bridgehead atoms. The van der Waals surface area contributed by atoms with E-state index in [4.69, 9.17) is 21.3 Å². The predicted molar refractivity (Wildman–Crippen MR) is 138 cm³/mol. The summed E-state index contributed by atoms with van der Waals surface area (Å²) >= 11 is 6.22. The van der Waals surface area contributed by atoms with E-state index in [2.05, 4.69) is 6.92 Å². The summed E-state index contributed by atoms with van der Waals surface area (Å²) in [5, 5.41) is 0.984. The van der Waals surface area contributed by atoms with Gasteiger partial charge in [-0.3, -0.25) is 14.2 Å². The molecule has 1 heterocycles. The van der Waals surface area contributed by atoms with Crippen molar-refractivity contribution in [3.63, 3.8) is 0 Å². The minimum atomic E-state index is -0.402. The first-order valence-electron chi connectivity index (χ1n) is 11.9. The summed E-state index contributed by atoms with van der Waals surface area (Å²) in [5.41, 5.74) is 0.995. The molecule has 0 spiro atoms. The molecule has 182 valence electrons. The number of nitrogens with zero attached hydrogens (tertiary/aromatic N) is 3. The van der Waals surface area contributed by atoms with E-state index in [1.165, 1.54) is 0 Å². The Morgan fingerprint density at radius 3 is 2.44 bits per heavy atom. The first-order chi connectivity index (χ1) is 16.3. The van der Waals surface area contributed by atoms with Gasteiger partial charge in [-0.1, -0.05) is 45.2 Å². The molecule has 0 aliphatic heterocycles. The fourth-order valence-electron chi connectivity index (χ4n) is 4.11. The highest BCUT2D eigenvalue weighted by atomic mass is 35.5. The van der Waals surface area contributed by atoms with Gasteiger partial charge in [0.2, 0.25) is 5.91 Å². The number of unbranched alkanes of at least 4 members (excludes halogenated alkanes) is 2. The zero-order valence-corrected chi connectivity index (χ0v) is 21.4. The van der Waals surface area contributed by atoms with Crippen LogP contribution in [0.2, 0.25) is 5.02 Å². The molecule has 34 heavy (non-hydrogen) atoms. The predicted octanol–water partition coefficient (Wildman–Crippen LogP) is 6.17. The van der Waals surface area contributed by atoms with E-state index in [9.17, 15) is 9.59 Å². The van der Waals surface area contributed by atoms with Crippen molar-refractivity contribution in [1.29, 1.82) is 0 Å². The van der Waals surface area contributed by atoms with Gasteiger partial charge in [0, 0.05) is 18.0 Å². The average molecular weight is 484 g/mol. The molecule has 7 heteroatoms. The highest BCUT2D eigenvalue weighted by Gasteiger charge is 2.27. The van der Waals surface area contributed by atoms with E-state index in [0.29, 0.717) is 46.2 Å². The van der Waals surface area contributed by atoms with Crippen molar-refractivity contribution < 1.29 is 9.53 Å².